The van der Waals surface area contributed by atoms with Crippen LogP contribution in [-0.4, -0.2) is 20.0 Å². The zero-order valence-corrected chi connectivity index (χ0v) is 9.46. The van der Waals surface area contributed by atoms with E-state index in [1.807, 2.05) is 24.3 Å². The molecular formula is C11H8ClN5. The normalized spacial score (nSPS) is 10.9. The van der Waals surface area contributed by atoms with Gasteiger partial charge in [0.1, 0.15) is 5.69 Å². The van der Waals surface area contributed by atoms with Crippen molar-refractivity contribution in [2.24, 2.45) is 0 Å². The summed E-state index contributed by atoms with van der Waals surface area (Å²) in [5, 5.41) is 13.0. The molecule has 0 spiro atoms. The van der Waals surface area contributed by atoms with E-state index in [4.69, 9.17) is 17.3 Å². The van der Waals surface area contributed by atoms with Gasteiger partial charge >= 0.3 is 0 Å². The number of fused-ring (bicyclic) bond motifs is 1. The molecule has 0 bridgehead atoms. The summed E-state index contributed by atoms with van der Waals surface area (Å²) in [7, 11) is 0. The average Bonchev–Trinajstić information content (AvgIpc) is 2.76. The third kappa shape index (κ3) is 1.60. The van der Waals surface area contributed by atoms with Crippen molar-refractivity contribution < 1.29 is 0 Å². The summed E-state index contributed by atoms with van der Waals surface area (Å²) in [6.45, 7) is 0. The number of anilines is 1. The number of hydrogen-bond acceptors (Lipinski definition) is 4. The van der Waals surface area contributed by atoms with Crippen LogP contribution in [0.2, 0.25) is 5.15 Å². The first-order chi connectivity index (χ1) is 8.25. The molecule has 0 aliphatic heterocycles. The van der Waals surface area contributed by atoms with Crippen molar-refractivity contribution in [2.45, 2.75) is 0 Å². The SMILES string of the molecule is Nc1nnc(Cl)cc1-n1ncc2ccccc21. The van der Waals surface area contributed by atoms with E-state index in [1.54, 1.807) is 16.9 Å². The molecule has 3 rings (SSSR count). The van der Waals surface area contributed by atoms with Crippen molar-refractivity contribution in [3.8, 4) is 5.69 Å². The molecule has 3 aromatic rings. The van der Waals surface area contributed by atoms with Gasteiger partial charge in [-0.05, 0) is 6.07 Å². The van der Waals surface area contributed by atoms with Gasteiger partial charge in [-0.3, -0.25) is 0 Å². The van der Waals surface area contributed by atoms with Crippen LogP contribution in [0.25, 0.3) is 16.6 Å². The number of halogens is 1. The Morgan fingerprint density at radius 3 is 2.88 bits per heavy atom. The Labute approximate surface area is 102 Å². The van der Waals surface area contributed by atoms with Gasteiger partial charge < -0.3 is 5.73 Å². The summed E-state index contributed by atoms with van der Waals surface area (Å²) in [6.07, 6.45) is 1.77. The van der Waals surface area contributed by atoms with Crippen molar-refractivity contribution in [3.63, 3.8) is 0 Å². The maximum absolute atomic E-state index is 5.81. The van der Waals surface area contributed by atoms with E-state index in [9.17, 15) is 0 Å². The molecule has 1 aromatic carbocycles. The Morgan fingerprint density at radius 1 is 1.18 bits per heavy atom. The monoisotopic (exact) mass is 245 g/mol. The van der Waals surface area contributed by atoms with Gasteiger partial charge in [0.05, 0.1) is 11.7 Å². The highest BCUT2D eigenvalue weighted by Gasteiger charge is 2.09. The number of benzene rings is 1. The van der Waals surface area contributed by atoms with Gasteiger partial charge in [0.15, 0.2) is 11.0 Å². The van der Waals surface area contributed by atoms with E-state index in [0.29, 0.717) is 11.5 Å². The summed E-state index contributed by atoms with van der Waals surface area (Å²) in [4.78, 5) is 0. The molecule has 0 radical (unpaired) electrons. The number of nitrogens with zero attached hydrogens (tertiary/aromatic N) is 4. The van der Waals surface area contributed by atoms with Crippen molar-refractivity contribution in [3.05, 3.63) is 41.7 Å². The lowest BCUT2D eigenvalue weighted by molar-refractivity contribution is 0.891. The maximum Gasteiger partial charge on any atom is 0.172 e. The van der Waals surface area contributed by atoms with Crippen LogP contribution in [-0.2, 0) is 0 Å². The van der Waals surface area contributed by atoms with Crippen LogP contribution in [0.5, 0.6) is 0 Å². The molecule has 0 saturated heterocycles. The van der Waals surface area contributed by atoms with E-state index in [2.05, 4.69) is 15.3 Å². The fraction of sp³-hybridized carbons (Fsp3) is 0. The van der Waals surface area contributed by atoms with Gasteiger partial charge in [-0.15, -0.1) is 10.2 Å². The molecule has 0 aliphatic carbocycles. The largest absolute Gasteiger partial charge is 0.380 e. The predicted octanol–water partition coefficient (Wildman–Crippen LogP) is 2.05. The average molecular weight is 246 g/mol. The molecule has 5 nitrogen and oxygen atoms in total. The zero-order valence-electron chi connectivity index (χ0n) is 8.71. The smallest absolute Gasteiger partial charge is 0.172 e. The lowest BCUT2D eigenvalue weighted by Gasteiger charge is -2.05. The molecule has 0 fully saturated rings. The van der Waals surface area contributed by atoms with Crippen molar-refractivity contribution in [1.29, 1.82) is 0 Å². The molecule has 0 saturated carbocycles. The van der Waals surface area contributed by atoms with E-state index >= 15 is 0 Å². The fourth-order valence-electron chi connectivity index (χ4n) is 1.70. The highest BCUT2D eigenvalue weighted by Crippen LogP contribution is 2.22. The second-order valence-electron chi connectivity index (χ2n) is 3.55. The standard InChI is InChI=1S/C11H8ClN5/c12-10-5-9(11(13)16-15-10)17-8-4-2-1-3-7(8)6-14-17/h1-6H,(H2,13,16). The summed E-state index contributed by atoms with van der Waals surface area (Å²) >= 11 is 5.81. The van der Waals surface area contributed by atoms with Crippen LogP contribution in [0.15, 0.2) is 36.5 Å². The molecule has 2 heterocycles. The number of rotatable bonds is 1. The first kappa shape index (κ1) is 10.0. The Morgan fingerprint density at radius 2 is 2.00 bits per heavy atom. The number of aromatic nitrogens is 4. The molecule has 2 aromatic heterocycles. The molecule has 0 amide bonds. The van der Waals surface area contributed by atoms with Crippen LogP contribution in [0.4, 0.5) is 5.82 Å². The highest BCUT2D eigenvalue weighted by molar-refractivity contribution is 6.29. The third-order valence-electron chi connectivity index (χ3n) is 2.48. The summed E-state index contributed by atoms with van der Waals surface area (Å²) in [6, 6.07) is 9.47. The fourth-order valence-corrected chi connectivity index (χ4v) is 1.84. The minimum atomic E-state index is 0.286. The van der Waals surface area contributed by atoms with Crippen LogP contribution >= 0.6 is 11.6 Å². The second kappa shape index (κ2) is 3.71. The van der Waals surface area contributed by atoms with Gasteiger partial charge in [-0.25, -0.2) is 4.68 Å². The molecular weight excluding hydrogens is 238 g/mol. The first-order valence-electron chi connectivity index (χ1n) is 4.97. The minimum Gasteiger partial charge on any atom is -0.380 e. The van der Waals surface area contributed by atoms with Crippen LogP contribution in [0.1, 0.15) is 0 Å². The van der Waals surface area contributed by atoms with Crippen molar-refractivity contribution in [1.82, 2.24) is 20.0 Å². The number of para-hydroxylation sites is 1. The van der Waals surface area contributed by atoms with E-state index in [-0.39, 0.29) is 5.15 Å². The molecule has 84 valence electrons. The van der Waals surface area contributed by atoms with Gasteiger partial charge in [0.25, 0.3) is 0 Å². The molecule has 0 unspecified atom stereocenters. The first-order valence-corrected chi connectivity index (χ1v) is 5.35. The van der Waals surface area contributed by atoms with Gasteiger partial charge in [-0.2, -0.15) is 5.10 Å². The topological polar surface area (TPSA) is 69.6 Å². The number of nitrogens with two attached hydrogens (primary N) is 1. The maximum atomic E-state index is 5.81. The Kier molecular flexibility index (Phi) is 2.19. The van der Waals surface area contributed by atoms with Crippen LogP contribution < -0.4 is 5.73 Å². The molecule has 0 atom stereocenters. The number of hydrogen-bond donors (Lipinski definition) is 1. The Bertz CT molecular complexity index is 691. The Hall–Kier alpha value is -2.14. The van der Waals surface area contributed by atoms with E-state index < -0.39 is 0 Å². The van der Waals surface area contributed by atoms with Gasteiger partial charge in [0.2, 0.25) is 0 Å². The Balaban J connectivity index is 2.31. The molecule has 6 heteroatoms. The lowest BCUT2D eigenvalue weighted by Crippen LogP contribution is -2.04. The van der Waals surface area contributed by atoms with Crippen molar-refractivity contribution in [2.75, 3.05) is 5.73 Å². The molecule has 2 N–H and O–H groups in total. The molecule has 0 aliphatic rings. The summed E-state index contributed by atoms with van der Waals surface area (Å²) in [5.74, 6) is 0.295. The highest BCUT2D eigenvalue weighted by atomic mass is 35.5. The quantitative estimate of drug-likeness (QED) is 0.712. The van der Waals surface area contributed by atoms with E-state index in [0.717, 1.165) is 10.9 Å². The van der Waals surface area contributed by atoms with Crippen LogP contribution in [0, 0.1) is 0 Å². The van der Waals surface area contributed by atoms with E-state index in [1.165, 1.54) is 0 Å². The van der Waals surface area contributed by atoms with Crippen molar-refractivity contribution >= 4 is 28.3 Å². The second-order valence-corrected chi connectivity index (χ2v) is 3.94. The zero-order chi connectivity index (χ0) is 11.8. The summed E-state index contributed by atoms with van der Waals surface area (Å²) < 4.78 is 1.70. The van der Waals surface area contributed by atoms with Crippen LogP contribution in [0.3, 0.4) is 0 Å². The lowest BCUT2D eigenvalue weighted by atomic mass is 10.2. The van der Waals surface area contributed by atoms with Gasteiger partial charge in [-0.1, -0.05) is 29.8 Å². The summed E-state index contributed by atoms with van der Waals surface area (Å²) in [5.41, 5.74) is 7.36. The number of nitrogen functional groups attached to an aromatic ring is 1. The van der Waals surface area contributed by atoms with Gasteiger partial charge in [0, 0.05) is 11.5 Å². The molecule has 17 heavy (non-hydrogen) atoms. The third-order valence-corrected chi connectivity index (χ3v) is 2.66. The predicted molar refractivity (Wildman–Crippen MR) is 66.1 cm³/mol. The minimum absolute atomic E-state index is 0.286.